The highest BCUT2D eigenvalue weighted by Gasteiger charge is 2.33. The summed E-state index contributed by atoms with van der Waals surface area (Å²) < 4.78 is 38.4. The van der Waals surface area contributed by atoms with E-state index in [4.69, 9.17) is 0 Å². The van der Waals surface area contributed by atoms with Gasteiger partial charge in [0.2, 0.25) is 5.91 Å². The van der Waals surface area contributed by atoms with Crippen LogP contribution in [0.4, 0.5) is 18.9 Å². The molecule has 1 amide bonds. The molecule has 0 aromatic heterocycles. The van der Waals surface area contributed by atoms with Crippen LogP contribution in [0.25, 0.3) is 0 Å². The summed E-state index contributed by atoms with van der Waals surface area (Å²) >= 11 is 1.24. The summed E-state index contributed by atoms with van der Waals surface area (Å²) in [7, 11) is 0. The molecule has 0 bridgehead atoms. The van der Waals surface area contributed by atoms with Gasteiger partial charge in [-0.05, 0) is 42.2 Å². The van der Waals surface area contributed by atoms with Crippen LogP contribution >= 0.6 is 11.8 Å². The monoisotopic (exact) mass is 378 g/mol. The molecule has 1 unspecified atom stereocenters. The fourth-order valence-electron chi connectivity index (χ4n) is 2.60. The van der Waals surface area contributed by atoms with Gasteiger partial charge in [-0.3, -0.25) is 4.79 Å². The highest BCUT2D eigenvalue weighted by Crippen LogP contribution is 2.31. The largest absolute Gasteiger partial charge is 0.416 e. The summed E-state index contributed by atoms with van der Waals surface area (Å²) in [6.45, 7) is 2.06. The molecule has 1 heterocycles. The van der Waals surface area contributed by atoms with E-state index in [9.17, 15) is 18.0 Å². The summed E-state index contributed by atoms with van der Waals surface area (Å²) in [5, 5.41) is 2.67. The smallest absolute Gasteiger partial charge is 0.304 e. The van der Waals surface area contributed by atoms with Gasteiger partial charge in [-0.2, -0.15) is 13.2 Å². The number of hydrogen-bond acceptors (Lipinski definition) is 3. The zero-order chi connectivity index (χ0) is 18.7. The number of halogens is 3. The molecule has 3 rings (SSSR count). The van der Waals surface area contributed by atoms with Crippen molar-refractivity contribution in [2.75, 3.05) is 0 Å². The van der Waals surface area contributed by atoms with Crippen LogP contribution in [0.5, 0.6) is 0 Å². The Bertz CT molecular complexity index is 831. The molecule has 0 aliphatic carbocycles. The van der Waals surface area contributed by atoms with Crippen LogP contribution < -0.4 is 5.32 Å². The number of carbonyl (C=O) groups is 1. The van der Waals surface area contributed by atoms with Gasteiger partial charge in [0.05, 0.1) is 16.5 Å². The van der Waals surface area contributed by atoms with E-state index in [-0.39, 0.29) is 12.3 Å². The Kier molecular flexibility index (Phi) is 5.36. The number of amides is 1. The van der Waals surface area contributed by atoms with E-state index in [0.717, 1.165) is 24.2 Å². The Balaban J connectivity index is 1.71. The molecule has 1 aliphatic heterocycles. The Morgan fingerprint density at radius 2 is 1.85 bits per heavy atom. The lowest BCUT2D eigenvalue weighted by atomic mass is 10.1. The fourth-order valence-corrected chi connectivity index (χ4v) is 3.63. The minimum atomic E-state index is -4.39. The number of alkyl halides is 3. The molecule has 0 spiro atoms. The quantitative estimate of drug-likeness (QED) is 0.836. The molecule has 1 saturated heterocycles. The topological polar surface area (TPSA) is 41.5 Å². The lowest BCUT2D eigenvalue weighted by Crippen LogP contribution is -2.26. The van der Waals surface area contributed by atoms with Crippen molar-refractivity contribution in [2.45, 2.75) is 31.2 Å². The van der Waals surface area contributed by atoms with E-state index >= 15 is 0 Å². The molecule has 26 heavy (non-hydrogen) atoms. The molecule has 1 atom stereocenters. The highest BCUT2D eigenvalue weighted by molar-refractivity contribution is 8.15. The number of aryl methyl sites for hydroxylation is 1. The van der Waals surface area contributed by atoms with E-state index < -0.39 is 17.0 Å². The van der Waals surface area contributed by atoms with Crippen molar-refractivity contribution in [2.24, 2.45) is 4.99 Å². The number of nitrogens with zero attached hydrogens (tertiary/aromatic N) is 1. The number of nitrogens with one attached hydrogen (secondary N) is 1. The second-order valence-corrected chi connectivity index (χ2v) is 7.13. The number of rotatable bonds is 4. The molecule has 1 aliphatic rings. The van der Waals surface area contributed by atoms with Gasteiger partial charge in [-0.15, -0.1) is 0 Å². The van der Waals surface area contributed by atoms with Gasteiger partial charge in [0.25, 0.3) is 0 Å². The summed E-state index contributed by atoms with van der Waals surface area (Å²) in [6.07, 6.45) is -3.24. The minimum absolute atomic E-state index is 0.216. The third-order valence-electron chi connectivity index (χ3n) is 4.03. The standard InChI is InChI=1S/C19H17F3N2OS/c1-2-12-6-8-15(9-7-12)23-18-24-17(25)16(26-18)11-13-4-3-5-14(10-13)19(20,21)22/h3-10,16H,2,11H2,1H3,(H,23,24,25). The zero-order valence-corrected chi connectivity index (χ0v) is 14.8. The van der Waals surface area contributed by atoms with Gasteiger partial charge in [-0.1, -0.05) is 49.0 Å². The first-order valence-electron chi connectivity index (χ1n) is 8.16. The van der Waals surface area contributed by atoms with Crippen molar-refractivity contribution in [1.29, 1.82) is 0 Å². The average molecular weight is 378 g/mol. The first kappa shape index (κ1) is 18.5. The third-order valence-corrected chi connectivity index (χ3v) is 5.11. The van der Waals surface area contributed by atoms with Crippen molar-refractivity contribution in [3.63, 3.8) is 0 Å². The zero-order valence-electron chi connectivity index (χ0n) is 14.0. The number of hydrogen-bond donors (Lipinski definition) is 1. The van der Waals surface area contributed by atoms with Crippen LogP contribution in [0, 0.1) is 0 Å². The fraction of sp³-hybridized carbons (Fsp3) is 0.263. The first-order valence-corrected chi connectivity index (χ1v) is 9.04. The van der Waals surface area contributed by atoms with E-state index in [1.54, 1.807) is 6.07 Å². The molecule has 2 aromatic rings. The molecule has 7 heteroatoms. The van der Waals surface area contributed by atoms with Gasteiger partial charge >= 0.3 is 6.18 Å². The minimum Gasteiger partial charge on any atom is -0.304 e. The van der Waals surface area contributed by atoms with Gasteiger partial charge < -0.3 is 5.32 Å². The maximum Gasteiger partial charge on any atom is 0.416 e. The normalized spacial score (nSPS) is 19.0. The predicted octanol–water partition coefficient (Wildman–Crippen LogP) is 4.73. The SMILES string of the molecule is CCc1ccc(N=C2NC(=O)C(Cc3cccc(C(F)(F)F)c3)S2)cc1. The Morgan fingerprint density at radius 1 is 1.12 bits per heavy atom. The summed E-state index contributed by atoms with van der Waals surface area (Å²) in [6, 6.07) is 12.8. The van der Waals surface area contributed by atoms with E-state index in [0.29, 0.717) is 10.7 Å². The number of carbonyl (C=O) groups excluding carboxylic acids is 1. The Hall–Kier alpha value is -2.28. The van der Waals surface area contributed by atoms with Crippen LogP contribution in [0.15, 0.2) is 53.5 Å². The second kappa shape index (κ2) is 7.53. The number of amidine groups is 1. The number of aliphatic imine (C=N–C) groups is 1. The molecular weight excluding hydrogens is 361 g/mol. The molecule has 3 nitrogen and oxygen atoms in total. The maximum atomic E-state index is 12.8. The van der Waals surface area contributed by atoms with Crippen molar-refractivity contribution < 1.29 is 18.0 Å². The van der Waals surface area contributed by atoms with Crippen molar-refractivity contribution in [3.05, 3.63) is 65.2 Å². The van der Waals surface area contributed by atoms with Crippen LogP contribution in [-0.2, 0) is 23.8 Å². The van der Waals surface area contributed by atoms with E-state index in [2.05, 4.69) is 17.2 Å². The van der Waals surface area contributed by atoms with Crippen molar-refractivity contribution in [1.82, 2.24) is 5.32 Å². The van der Waals surface area contributed by atoms with Crippen LogP contribution in [0.1, 0.15) is 23.6 Å². The molecule has 1 fully saturated rings. The number of thioether (sulfide) groups is 1. The molecule has 0 radical (unpaired) electrons. The molecule has 0 saturated carbocycles. The third kappa shape index (κ3) is 4.46. The molecule has 136 valence electrons. The highest BCUT2D eigenvalue weighted by atomic mass is 32.2. The summed E-state index contributed by atoms with van der Waals surface area (Å²) in [5.74, 6) is -0.239. The lowest BCUT2D eigenvalue weighted by molar-refractivity contribution is -0.137. The van der Waals surface area contributed by atoms with E-state index in [1.165, 1.54) is 23.4 Å². The first-order chi connectivity index (χ1) is 12.3. The van der Waals surface area contributed by atoms with Gasteiger partial charge in [0.1, 0.15) is 0 Å². The molecule has 2 aromatic carbocycles. The van der Waals surface area contributed by atoms with Gasteiger partial charge in [0, 0.05) is 0 Å². The van der Waals surface area contributed by atoms with Gasteiger partial charge in [0.15, 0.2) is 5.17 Å². The van der Waals surface area contributed by atoms with Gasteiger partial charge in [-0.25, -0.2) is 4.99 Å². The lowest BCUT2D eigenvalue weighted by Gasteiger charge is -2.10. The number of benzene rings is 2. The summed E-state index contributed by atoms with van der Waals surface area (Å²) in [4.78, 5) is 16.5. The maximum absolute atomic E-state index is 12.8. The Morgan fingerprint density at radius 3 is 2.50 bits per heavy atom. The molecule has 1 N–H and O–H groups in total. The van der Waals surface area contributed by atoms with E-state index in [1.807, 2.05) is 24.3 Å². The Labute approximate surface area is 153 Å². The molecular formula is C19H17F3N2OS. The van der Waals surface area contributed by atoms with Crippen LogP contribution in [0.2, 0.25) is 0 Å². The van der Waals surface area contributed by atoms with Crippen LogP contribution in [-0.4, -0.2) is 16.3 Å². The van der Waals surface area contributed by atoms with Crippen molar-refractivity contribution in [3.8, 4) is 0 Å². The average Bonchev–Trinajstić information content (AvgIpc) is 2.94. The predicted molar refractivity (Wildman–Crippen MR) is 97.6 cm³/mol. The van der Waals surface area contributed by atoms with Crippen LogP contribution in [0.3, 0.4) is 0 Å². The second-order valence-electron chi connectivity index (χ2n) is 5.93. The van der Waals surface area contributed by atoms with Crippen molar-refractivity contribution >= 4 is 28.5 Å². The summed E-state index contributed by atoms with van der Waals surface area (Å²) in [5.41, 5.74) is 1.69.